The van der Waals surface area contributed by atoms with Crippen LogP contribution in [0.25, 0.3) is 10.9 Å². The second kappa shape index (κ2) is 3.86. The van der Waals surface area contributed by atoms with E-state index in [4.69, 9.17) is 0 Å². The summed E-state index contributed by atoms with van der Waals surface area (Å²) in [7, 11) is 0. The normalized spacial score (nSPS) is 10.5. The molecule has 0 aliphatic rings. The van der Waals surface area contributed by atoms with E-state index in [0.29, 0.717) is 14.5 Å². The maximum atomic E-state index is 10.7. The third-order valence-corrected chi connectivity index (χ3v) is 3.40. The molecule has 4 nitrogen and oxygen atoms in total. The van der Waals surface area contributed by atoms with Crippen molar-refractivity contribution in [1.29, 1.82) is 0 Å². The summed E-state index contributed by atoms with van der Waals surface area (Å²) >= 11 is 6.48. The maximum absolute atomic E-state index is 10.7. The zero-order valence-electron chi connectivity index (χ0n) is 7.28. The standard InChI is InChI=1S/C9H4Br2N2O2/c10-6-4-7(13(14)15)8(11)9-5(6)2-1-3-12-9/h1-4H. The van der Waals surface area contributed by atoms with Crippen molar-refractivity contribution in [3.05, 3.63) is 43.5 Å². The molecule has 2 rings (SSSR count). The number of nitrogens with zero attached hydrogens (tertiary/aromatic N) is 2. The molecule has 6 heteroatoms. The van der Waals surface area contributed by atoms with Crippen molar-refractivity contribution in [3.63, 3.8) is 0 Å². The van der Waals surface area contributed by atoms with Crippen LogP contribution in [0.5, 0.6) is 0 Å². The van der Waals surface area contributed by atoms with Crippen molar-refractivity contribution in [2.45, 2.75) is 0 Å². The first-order valence-corrected chi connectivity index (χ1v) is 5.57. The van der Waals surface area contributed by atoms with Crippen LogP contribution < -0.4 is 0 Å². The van der Waals surface area contributed by atoms with E-state index in [1.165, 1.54) is 6.07 Å². The number of benzene rings is 1. The quantitative estimate of drug-likeness (QED) is 0.591. The summed E-state index contributed by atoms with van der Waals surface area (Å²) in [6.45, 7) is 0. The molecule has 0 bridgehead atoms. The second-order valence-corrected chi connectivity index (χ2v) is 4.50. The Balaban J connectivity index is 2.90. The van der Waals surface area contributed by atoms with Crippen molar-refractivity contribution in [2.75, 3.05) is 0 Å². The zero-order valence-corrected chi connectivity index (χ0v) is 10.4. The fourth-order valence-electron chi connectivity index (χ4n) is 1.29. The molecule has 0 fully saturated rings. The molecular weight excluding hydrogens is 328 g/mol. The summed E-state index contributed by atoms with van der Waals surface area (Å²) in [5.41, 5.74) is 0.589. The molecule has 0 amide bonds. The molecule has 0 radical (unpaired) electrons. The summed E-state index contributed by atoms with van der Waals surface area (Å²) in [6, 6.07) is 5.10. The average molecular weight is 332 g/mol. The van der Waals surface area contributed by atoms with E-state index in [-0.39, 0.29) is 5.69 Å². The first kappa shape index (κ1) is 10.5. The van der Waals surface area contributed by atoms with Crippen molar-refractivity contribution < 1.29 is 4.92 Å². The van der Waals surface area contributed by atoms with Gasteiger partial charge in [0.15, 0.2) is 0 Å². The van der Waals surface area contributed by atoms with Crippen LogP contribution in [0.15, 0.2) is 33.3 Å². The fourth-order valence-corrected chi connectivity index (χ4v) is 2.40. The number of hydrogen-bond acceptors (Lipinski definition) is 3. The number of nitro benzene ring substituents is 1. The van der Waals surface area contributed by atoms with Gasteiger partial charge in [-0.15, -0.1) is 0 Å². The van der Waals surface area contributed by atoms with E-state index in [2.05, 4.69) is 36.8 Å². The molecule has 0 saturated heterocycles. The smallest absolute Gasteiger partial charge is 0.258 e. The molecule has 1 heterocycles. The Morgan fingerprint density at radius 3 is 2.80 bits per heavy atom. The van der Waals surface area contributed by atoms with Gasteiger partial charge in [-0.2, -0.15) is 0 Å². The Morgan fingerprint density at radius 2 is 2.13 bits per heavy atom. The van der Waals surface area contributed by atoms with Gasteiger partial charge < -0.3 is 0 Å². The topological polar surface area (TPSA) is 56.0 Å². The number of halogens is 2. The number of hydrogen-bond donors (Lipinski definition) is 0. The van der Waals surface area contributed by atoms with Crippen molar-refractivity contribution in [3.8, 4) is 0 Å². The van der Waals surface area contributed by atoms with Gasteiger partial charge in [0, 0.05) is 22.1 Å². The van der Waals surface area contributed by atoms with Gasteiger partial charge in [0.2, 0.25) is 0 Å². The van der Waals surface area contributed by atoms with Crippen LogP contribution in [0, 0.1) is 10.1 Å². The predicted octanol–water partition coefficient (Wildman–Crippen LogP) is 3.67. The second-order valence-electron chi connectivity index (χ2n) is 2.85. The van der Waals surface area contributed by atoms with Crippen LogP contribution in [-0.4, -0.2) is 9.91 Å². The molecule has 0 saturated carbocycles. The molecule has 0 aliphatic heterocycles. The Morgan fingerprint density at radius 1 is 1.40 bits per heavy atom. The van der Waals surface area contributed by atoms with Crippen LogP contribution in [0.2, 0.25) is 0 Å². The SMILES string of the molecule is O=[N+]([O-])c1cc(Br)c2cccnc2c1Br. The van der Waals surface area contributed by atoms with Crippen LogP contribution in [-0.2, 0) is 0 Å². The molecule has 0 spiro atoms. The van der Waals surface area contributed by atoms with Gasteiger partial charge in [0.25, 0.3) is 5.69 Å². The van der Waals surface area contributed by atoms with E-state index in [9.17, 15) is 10.1 Å². The highest BCUT2D eigenvalue weighted by Gasteiger charge is 2.17. The maximum Gasteiger partial charge on any atom is 0.286 e. The first-order valence-electron chi connectivity index (χ1n) is 3.98. The lowest BCUT2D eigenvalue weighted by Gasteiger charge is -2.02. The number of aromatic nitrogens is 1. The number of pyridine rings is 1. The van der Waals surface area contributed by atoms with Crippen molar-refractivity contribution >= 4 is 48.5 Å². The molecule has 76 valence electrons. The molecular formula is C9H4Br2N2O2. The zero-order chi connectivity index (χ0) is 11.0. The number of fused-ring (bicyclic) bond motifs is 1. The lowest BCUT2D eigenvalue weighted by molar-refractivity contribution is -0.385. The predicted molar refractivity (Wildman–Crippen MR) is 63.8 cm³/mol. The van der Waals surface area contributed by atoms with Gasteiger partial charge in [-0.1, -0.05) is 6.07 Å². The van der Waals surface area contributed by atoms with Crippen LogP contribution in [0.1, 0.15) is 0 Å². The van der Waals surface area contributed by atoms with E-state index >= 15 is 0 Å². The minimum Gasteiger partial charge on any atom is -0.258 e. The van der Waals surface area contributed by atoms with Gasteiger partial charge in [-0.25, -0.2) is 0 Å². The third-order valence-electron chi connectivity index (χ3n) is 1.96. The average Bonchev–Trinajstić information content (AvgIpc) is 2.23. The molecule has 0 atom stereocenters. The van der Waals surface area contributed by atoms with Gasteiger partial charge in [-0.05, 0) is 37.9 Å². The Kier molecular flexibility index (Phi) is 2.70. The molecule has 1 aromatic carbocycles. The van der Waals surface area contributed by atoms with E-state index < -0.39 is 4.92 Å². The molecule has 1 aromatic heterocycles. The highest BCUT2D eigenvalue weighted by Crippen LogP contribution is 2.36. The van der Waals surface area contributed by atoms with Crippen molar-refractivity contribution in [2.24, 2.45) is 0 Å². The van der Waals surface area contributed by atoms with E-state index in [1.807, 2.05) is 6.07 Å². The summed E-state index contributed by atoms with van der Waals surface area (Å²) in [5.74, 6) is 0. The summed E-state index contributed by atoms with van der Waals surface area (Å²) in [4.78, 5) is 14.4. The lowest BCUT2D eigenvalue weighted by atomic mass is 10.2. The third kappa shape index (κ3) is 1.74. The summed E-state index contributed by atoms with van der Waals surface area (Å²) in [6.07, 6.45) is 1.60. The largest absolute Gasteiger partial charge is 0.286 e. The summed E-state index contributed by atoms with van der Waals surface area (Å²) < 4.78 is 1.08. The Bertz CT molecular complexity index is 557. The van der Waals surface area contributed by atoms with Crippen LogP contribution in [0.3, 0.4) is 0 Å². The highest BCUT2D eigenvalue weighted by molar-refractivity contribution is 9.11. The minimum absolute atomic E-state index is 0.00748. The molecule has 0 N–H and O–H groups in total. The first-order chi connectivity index (χ1) is 7.11. The van der Waals surface area contributed by atoms with Crippen LogP contribution in [0.4, 0.5) is 5.69 Å². The highest BCUT2D eigenvalue weighted by atomic mass is 79.9. The van der Waals surface area contributed by atoms with E-state index in [0.717, 1.165) is 5.39 Å². The minimum atomic E-state index is -0.442. The van der Waals surface area contributed by atoms with Gasteiger partial charge >= 0.3 is 0 Å². The molecule has 0 unspecified atom stereocenters. The number of nitro groups is 1. The molecule has 15 heavy (non-hydrogen) atoms. The van der Waals surface area contributed by atoms with Gasteiger partial charge in [-0.3, -0.25) is 15.1 Å². The van der Waals surface area contributed by atoms with E-state index in [1.54, 1.807) is 12.3 Å². The Hall–Kier alpha value is -1.01. The monoisotopic (exact) mass is 330 g/mol. The lowest BCUT2D eigenvalue weighted by Crippen LogP contribution is -1.92. The summed E-state index contributed by atoms with van der Waals surface area (Å²) in [5, 5.41) is 11.6. The van der Waals surface area contributed by atoms with Gasteiger partial charge in [0.05, 0.1) is 10.4 Å². The fraction of sp³-hybridized carbons (Fsp3) is 0. The Labute approximate surface area is 102 Å². The van der Waals surface area contributed by atoms with Crippen molar-refractivity contribution in [1.82, 2.24) is 4.98 Å². The number of rotatable bonds is 1. The van der Waals surface area contributed by atoms with Gasteiger partial charge in [0.1, 0.15) is 4.47 Å². The van der Waals surface area contributed by atoms with Crippen LogP contribution >= 0.6 is 31.9 Å². The molecule has 0 aliphatic carbocycles. The molecule has 2 aromatic rings.